The number of fused-ring (bicyclic) bond motifs is 1. The van der Waals surface area contributed by atoms with Crippen molar-refractivity contribution in [3.8, 4) is 0 Å². The molecule has 1 aliphatic carbocycles. The molecule has 1 aliphatic heterocycles. The van der Waals surface area contributed by atoms with Gasteiger partial charge in [-0.3, -0.25) is 4.79 Å². The first-order valence-corrected chi connectivity index (χ1v) is 8.25. The Morgan fingerprint density at radius 3 is 2.76 bits per heavy atom. The third-order valence-electron chi connectivity index (χ3n) is 5.14. The summed E-state index contributed by atoms with van der Waals surface area (Å²) in [5.41, 5.74) is 2.52. The molecule has 3 rings (SSSR count). The summed E-state index contributed by atoms with van der Waals surface area (Å²) < 4.78 is 0. The molecule has 1 aromatic carbocycles. The van der Waals surface area contributed by atoms with Crippen LogP contribution in [-0.4, -0.2) is 18.5 Å². The molecule has 3 unspecified atom stereocenters. The summed E-state index contributed by atoms with van der Waals surface area (Å²) in [4.78, 5) is 12.4. The zero-order chi connectivity index (χ0) is 14.8. The fraction of sp³-hybridized carbons (Fsp3) is 0.611. The number of hydrogen-bond acceptors (Lipinski definition) is 2. The van der Waals surface area contributed by atoms with Crippen LogP contribution in [0, 0.1) is 11.8 Å². The number of rotatable bonds is 4. The molecular formula is C18H26N2O. The Balaban J connectivity index is 1.54. The average Bonchev–Trinajstić information content (AvgIpc) is 3.08. The predicted molar refractivity (Wildman–Crippen MR) is 85.0 cm³/mol. The van der Waals surface area contributed by atoms with Crippen LogP contribution >= 0.6 is 0 Å². The summed E-state index contributed by atoms with van der Waals surface area (Å²) in [6, 6.07) is 8.60. The maximum Gasteiger partial charge on any atom is 0.237 e. The first kappa shape index (κ1) is 14.6. The zero-order valence-corrected chi connectivity index (χ0v) is 13.1. The van der Waals surface area contributed by atoms with E-state index in [1.165, 1.54) is 30.4 Å². The minimum atomic E-state index is 0.0347. The Morgan fingerprint density at radius 1 is 1.29 bits per heavy atom. The average molecular weight is 286 g/mol. The van der Waals surface area contributed by atoms with Gasteiger partial charge in [-0.1, -0.05) is 44.5 Å². The second-order valence-electron chi connectivity index (χ2n) is 6.85. The molecule has 1 saturated carbocycles. The molecule has 2 N–H and O–H groups in total. The van der Waals surface area contributed by atoms with Crippen LogP contribution in [0.2, 0.25) is 0 Å². The van der Waals surface area contributed by atoms with Crippen LogP contribution in [0.15, 0.2) is 24.3 Å². The molecule has 1 saturated heterocycles. The van der Waals surface area contributed by atoms with Gasteiger partial charge in [-0.2, -0.15) is 0 Å². The lowest BCUT2D eigenvalue weighted by Crippen LogP contribution is -2.43. The van der Waals surface area contributed by atoms with Gasteiger partial charge in [-0.15, -0.1) is 0 Å². The number of carbonyl (C=O) groups excluding carboxylic acids is 1. The van der Waals surface area contributed by atoms with E-state index >= 15 is 0 Å². The molecule has 3 heteroatoms. The van der Waals surface area contributed by atoms with Gasteiger partial charge in [0.2, 0.25) is 5.91 Å². The van der Waals surface area contributed by atoms with Crippen LogP contribution in [-0.2, 0) is 11.3 Å². The highest BCUT2D eigenvalue weighted by molar-refractivity contribution is 5.82. The van der Waals surface area contributed by atoms with Crippen molar-refractivity contribution in [1.82, 2.24) is 10.6 Å². The minimum Gasteiger partial charge on any atom is -0.351 e. The van der Waals surface area contributed by atoms with Gasteiger partial charge < -0.3 is 10.6 Å². The summed E-state index contributed by atoms with van der Waals surface area (Å²) >= 11 is 0. The topological polar surface area (TPSA) is 41.1 Å². The first-order valence-electron chi connectivity index (χ1n) is 8.25. The number of nitrogens with one attached hydrogen (secondary N) is 2. The molecule has 0 radical (unpaired) electrons. The van der Waals surface area contributed by atoms with E-state index in [0.29, 0.717) is 18.4 Å². The normalized spacial score (nSPS) is 27.9. The Bertz CT molecular complexity index is 494. The van der Waals surface area contributed by atoms with Crippen molar-refractivity contribution in [3.63, 3.8) is 0 Å². The largest absolute Gasteiger partial charge is 0.351 e. The first-order chi connectivity index (χ1) is 10.1. The highest BCUT2D eigenvalue weighted by Crippen LogP contribution is 2.37. The van der Waals surface area contributed by atoms with Gasteiger partial charge in [0.25, 0.3) is 0 Å². The van der Waals surface area contributed by atoms with Crippen LogP contribution in [0.4, 0.5) is 0 Å². The third kappa shape index (κ3) is 3.13. The number of carbonyl (C=O) groups is 1. The van der Waals surface area contributed by atoms with Crippen molar-refractivity contribution in [2.24, 2.45) is 11.8 Å². The van der Waals surface area contributed by atoms with Crippen LogP contribution in [0.1, 0.15) is 50.2 Å². The quantitative estimate of drug-likeness (QED) is 0.893. The molecule has 2 aliphatic rings. The molecule has 1 aromatic rings. The van der Waals surface area contributed by atoms with E-state index in [2.05, 4.69) is 48.7 Å². The fourth-order valence-corrected chi connectivity index (χ4v) is 3.79. The van der Waals surface area contributed by atoms with Gasteiger partial charge in [-0.25, -0.2) is 0 Å². The van der Waals surface area contributed by atoms with Crippen molar-refractivity contribution >= 4 is 5.91 Å². The lowest BCUT2D eigenvalue weighted by atomic mass is 9.93. The summed E-state index contributed by atoms with van der Waals surface area (Å²) in [6.45, 7) is 6.04. The van der Waals surface area contributed by atoms with E-state index in [9.17, 15) is 4.79 Å². The Kier molecular flexibility index (Phi) is 4.29. The van der Waals surface area contributed by atoms with Crippen molar-refractivity contribution in [2.75, 3.05) is 6.54 Å². The molecule has 1 amide bonds. The smallest absolute Gasteiger partial charge is 0.237 e. The highest BCUT2D eigenvalue weighted by atomic mass is 16.2. The molecule has 2 fully saturated rings. The molecule has 0 aromatic heterocycles. The van der Waals surface area contributed by atoms with E-state index in [1.54, 1.807) is 0 Å². The predicted octanol–water partition coefficient (Wildman–Crippen LogP) is 2.81. The lowest BCUT2D eigenvalue weighted by molar-refractivity contribution is -0.123. The Morgan fingerprint density at radius 2 is 2.05 bits per heavy atom. The number of benzene rings is 1. The Labute approximate surface area is 127 Å². The zero-order valence-electron chi connectivity index (χ0n) is 13.1. The number of hydrogen-bond donors (Lipinski definition) is 2. The second-order valence-corrected chi connectivity index (χ2v) is 6.85. The molecule has 114 valence electrons. The van der Waals surface area contributed by atoms with Gasteiger partial charge in [0.15, 0.2) is 0 Å². The van der Waals surface area contributed by atoms with Gasteiger partial charge in [0.05, 0.1) is 6.04 Å². The number of amides is 1. The van der Waals surface area contributed by atoms with Crippen molar-refractivity contribution in [1.29, 1.82) is 0 Å². The molecule has 3 nitrogen and oxygen atoms in total. The van der Waals surface area contributed by atoms with Gasteiger partial charge in [-0.05, 0) is 48.3 Å². The summed E-state index contributed by atoms with van der Waals surface area (Å²) in [5, 5.41) is 6.51. The second kappa shape index (κ2) is 6.18. The van der Waals surface area contributed by atoms with E-state index in [-0.39, 0.29) is 11.9 Å². The summed E-state index contributed by atoms with van der Waals surface area (Å²) in [5.74, 6) is 2.02. The maximum atomic E-state index is 12.4. The van der Waals surface area contributed by atoms with Crippen LogP contribution < -0.4 is 10.6 Å². The highest BCUT2D eigenvalue weighted by Gasteiger charge is 2.42. The van der Waals surface area contributed by atoms with E-state index in [4.69, 9.17) is 0 Å². The van der Waals surface area contributed by atoms with Crippen molar-refractivity contribution in [3.05, 3.63) is 35.4 Å². The van der Waals surface area contributed by atoms with E-state index < -0.39 is 0 Å². The SMILES string of the molecule is CC(C)c1ccc(CNC(=O)C2NCC3CCCC32)cc1. The molecule has 21 heavy (non-hydrogen) atoms. The Hall–Kier alpha value is -1.35. The minimum absolute atomic E-state index is 0.0347. The third-order valence-corrected chi connectivity index (χ3v) is 5.14. The standard InChI is InChI=1S/C18H26N2O/c1-12(2)14-8-6-13(7-9-14)10-20-18(21)17-16-5-3-4-15(16)11-19-17/h6-9,12,15-17,19H,3-5,10-11H2,1-2H3,(H,20,21). The molecular weight excluding hydrogens is 260 g/mol. The maximum absolute atomic E-state index is 12.4. The van der Waals surface area contributed by atoms with Crippen LogP contribution in [0.3, 0.4) is 0 Å². The van der Waals surface area contributed by atoms with Crippen LogP contribution in [0.5, 0.6) is 0 Å². The summed E-state index contributed by atoms with van der Waals surface area (Å²) in [7, 11) is 0. The van der Waals surface area contributed by atoms with E-state index in [1.807, 2.05) is 0 Å². The molecule has 0 spiro atoms. The van der Waals surface area contributed by atoms with Gasteiger partial charge in [0.1, 0.15) is 0 Å². The summed E-state index contributed by atoms with van der Waals surface area (Å²) in [6.07, 6.45) is 3.79. The monoisotopic (exact) mass is 286 g/mol. The van der Waals surface area contributed by atoms with Crippen molar-refractivity contribution < 1.29 is 4.79 Å². The van der Waals surface area contributed by atoms with Crippen molar-refractivity contribution in [2.45, 2.75) is 51.6 Å². The van der Waals surface area contributed by atoms with E-state index in [0.717, 1.165) is 12.5 Å². The molecule has 3 atom stereocenters. The molecule has 1 heterocycles. The molecule has 0 bridgehead atoms. The van der Waals surface area contributed by atoms with Gasteiger partial charge in [0, 0.05) is 6.54 Å². The van der Waals surface area contributed by atoms with Gasteiger partial charge >= 0.3 is 0 Å². The fourth-order valence-electron chi connectivity index (χ4n) is 3.79. The lowest BCUT2D eigenvalue weighted by Gasteiger charge is -2.18. The van der Waals surface area contributed by atoms with Crippen LogP contribution in [0.25, 0.3) is 0 Å².